The van der Waals surface area contributed by atoms with Gasteiger partial charge in [-0.25, -0.2) is 4.79 Å². The molecule has 2 N–H and O–H groups in total. The van der Waals surface area contributed by atoms with Gasteiger partial charge in [0.25, 0.3) is 0 Å². The molecule has 152 valence electrons. The lowest BCUT2D eigenvalue weighted by Gasteiger charge is -2.18. The summed E-state index contributed by atoms with van der Waals surface area (Å²) >= 11 is 0. The number of carbonyl (C=O) groups is 2. The minimum Gasteiger partial charge on any atom is -0.494 e. The molecule has 0 saturated carbocycles. The Morgan fingerprint density at radius 2 is 1.97 bits per heavy atom. The van der Waals surface area contributed by atoms with Gasteiger partial charge in [0.05, 0.1) is 12.6 Å². The van der Waals surface area contributed by atoms with E-state index in [0.717, 1.165) is 17.0 Å². The first-order valence-electron chi connectivity index (χ1n) is 9.58. The number of nitrogens with zero attached hydrogens (tertiary/aromatic N) is 1. The highest BCUT2D eigenvalue weighted by molar-refractivity contribution is 5.96. The SMILES string of the molecule is CCOc1ccc(N2CC(NC(=O)NCc3ccc4c(c3)OCO4)CC2=O)cc1. The van der Waals surface area contributed by atoms with E-state index in [1.54, 1.807) is 4.90 Å². The Hall–Kier alpha value is -3.42. The minimum atomic E-state index is -0.311. The fraction of sp³-hybridized carbons (Fsp3) is 0.333. The van der Waals surface area contributed by atoms with Gasteiger partial charge in [-0.05, 0) is 48.9 Å². The Morgan fingerprint density at radius 1 is 1.17 bits per heavy atom. The standard InChI is InChI=1S/C21H23N3O5/c1-2-27-17-6-4-16(5-7-17)24-12-15(10-20(24)25)23-21(26)22-11-14-3-8-18-19(9-14)29-13-28-18/h3-9,15H,2,10-13H2,1H3,(H2,22,23,26). The number of amides is 3. The van der Waals surface area contributed by atoms with E-state index in [9.17, 15) is 9.59 Å². The monoisotopic (exact) mass is 397 g/mol. The lowest BCUT2D eigenvalue weighted by atomic mass is 10.2. The number of hydrogen-bond acceptors (Lipinski definition) is 5. The summed E-state index contributed by atoms with van der Waals surface area (Å²) in [7, 11) is 0. The minimum absolute atomic E-state index is 0.0183. The number of rotatable bonds is 6. The maximum absolute atomic E-state index is 12.4. The van der Waals surface area contributed by atoms with Crippen molar-refractivity contribution in [2.75, 3.05) is 24.8 Å². The molecule has 0 aliphatic carbocycles. The van der Waals surface area contributed by atoms with Crippen LogP contribution in [0.3, 0.4) is 0 Å². The third-order valence-electron chi connectivity index (χ3n) is 4.81. The highest BCUT2D eigenvalue weighted by Gasteiger charge is 2.31. The average Bonchev–Trinajstić information content (AvgIpc) is 3.33. The van der Waals surface area contributed by atoms with Gasteiger partial charge < -0.3 is 29.7 Å². The molecule has 4 rings (SSSR count). The van der Waals surface area contributed by atoms with Crippen LogP contribution in [0.5, 0.6) is 17.2 Å². The summed E-state index contributed by atoms with van der Waals surface area (Å²) in [5.74, 6) is 2.13. The molecular formula is C21H23N3O5. The van der Waals surface area contributed by atoms with Crippen LogP contribution < -0.4 is 29.7 Å². The normalized spacial score (nSPS) is 17.3. The predicted molar refractivity (Wildman–Crippen MR) is 106 cm³/mol. The molecule has 29 heavy (non-hydrogen) atoms. The summed E-state index contributed by atoms with van der Waals surface area (Å²) in [6, 6.07) is 12.4. The van der Waals surface area contributed by atoms with E-state index in [0.29, 0.717) is 31.2 Å². The molecule has 8 nitrogen and oxygen atoms in total. The van der Waals surface area contributed by atoms with E-state index in [2.05, 4.69) is 10.6 Å². The molecule has 2 aromatic rings. The van der Waals surface area contributed by atoms with Gasteiger partial charge in [-0.3, -0.25) is 4.79 Å². The molecule has 0 bridgehead atoms. The average molecular weight is 397 g/mol. The first-order valence-corrected chi connectivity index (χ1v) is 9.58. The number of carbonyl (C=O) groups excluding carboxylic acids is 2. The lowest BCUT2D eigenvalue weighted by molar-refractivity contribution is -0.117. The number of fused-ring (bicyclic) bond motifs is 1. The number of nitrogens with one attached hydrogen (secondary N) is 2. The van der Waals surface area contributed by atoms with Gasteiger partial charge >= 0.3 is 6.03 Å². The van der Waals surface area contributed by atoms with Gasteiger partial charge in [-0.1, -0.05) is 6.07 Å². The third kappa shape index (κ3) is 4.37. The number of urea groups is 1. The molecule has 0 spiro atoms. The van der Waals surface area contributed by atoms with Crippen molar-refractivity contribution < 1.29 is 23.8 Å². The van der Waals surface area contributed by atoms with Crippen LogP contribution in [0.2, 0.25) is 0 Å². The van der Waals surface area contributed by atoms with E-state index < -0.39 is 0 Å². The lowest BCUT2D eigenvalue weighted by Crippen LogP contribution is -2.43. The molecule has 1 unspecified atom stereocenters. The van der Waals surface area contributed by atoms with Crippen molar-refractivity contribution >= 4 is 17.6 Å². The summed E-state index contributed by atoms with van der Waals surface area (Å²) in [5, 5.41) is 5.69. The summed E-state index contributed by atoms with van der Waals surface area (Å²) < 4.78 is 16.0. The number of anilines is 1. The smallest absolute Gasteiger partial charge is 0.315 e. The first kappa shape index (κ1) is 18.9. The van der Waals surface area contributed by atoms with Gasteiger partial charge in [0.1, 0.15) is 5.75 Å². The summed E-state index contributed by atoms with van der Waals surface area (Å²) in [4.78, 5) is 26.3. The largest absolute Gasteiger partial charge is 0.494 e. The second-order valence-corrected chi connectivity index (χ2v) is 6.85. The van der Waals surface area contributed by atoms with Gasteiger partial charge in [0, 0.05) is 25.2 Å². The Kier molecular flexibility index (Phi) is 5.41. The summed E-state index contributed by atoms with van der Waals surface area (Å²) in [6.07, 6.45) is 0.269. The van der Waals surface area contributed by atoms with Crippen molar-refractivity contribution in [1.29, 1.82) is 0 Å². The van der Waals surface area contributed by atoms with Crippen LogP contribution in [0.15, 0.2) is 42.5 Å². The molecule has 0 radical (unpaired) electrons. The highest BCUT2D eigenvalue weighted by Crippen LogP contribution is 2.32. The second-order valence-electron chi connectivity index (χ2n) is 6.85. The van der Waals surface area contributed by atoms with Crippen molar-refractivity contribution in [3.63, 3.8) is 0 Å². The molecule has 2 aliphatic heterocycles. The molecule has 2 heterocycles. The van der Waals surface area contributed by atoms with Crippen LogP contribution in [-0.2, 0) is 11.3 Å². The Morgan fingerprint density at radius 3 is 2.76 bits per heavy atom. The quantitative estimate of drug-likeness (QED) is 0.782. The predicted octanol–water partition coefficient (Wildman–Crippen LogP) is 2.42. The molecule has 1 fully saturated rings. The fourth-order valence-corrected chi connectivity index (χ4v) is 3.41. The number of hydrogen-bond donors (Lipinski definition) is 2. The maximum Gasteiger partial charge on any atom is 0.315 e. The Labute approximate surface area is 168 Å². The third-order valence-corrected chi connectivity index (χ3v) is 4.81. The zero-order valence-corrected chi connectivity index (χ0v) is 16.1. The molecule has 0 aromatic heterocycles. The molecule has 8 heteroatoms. The van der Waals surface area contributed by atoms with Crippen LogP contribution in [0.25, 0.3) is 0 Å². The van der Waals surface area contributed by atoms with Crippen molar-refractivity contribution in [1.82, 2.24) is 10.6 Å². The highest BCUT2D eigenvalue weighted by atomic mass is 16.7. The van der Waals surface area contributed by atoms with Crippen LogP contribution in [0.1, 0.15) is 18.9 Å². The maximum atomic E-state index is 12.4. The molecule has 3 amide bonds. The molecular weight excluding hydrogens is 374 g/mol. The Balaban J connectivity index is 1.28. The van der Waals surface area contributed by atoms with E-state index in [4.69, 9.17) is 14.2 Å². The summed E-state index contributed by atoms with van der Waals surface area (Å²) in [6.45, 7) is 3.52. The van der Waals surface area contributed by atoms with E-state index in [-0.39, 0.29) is 31.2 Å². The molecule has 2 aromatic carbocycles. The van der Waals surface area contributed by atoms with Crippen molar-refractivity contribution in [2.45, 2.75) is 25.9 Å². The van der Waals surface area contributed by atoms with Crippen LogP contribution >= 0.6 is 0 Å². The Bertz CT molecular complexity index is 900. The molecule has 1 saturated heterocycles. The topological polar surface area (TPSA) is 89.1 Å². The van der Waals surface area contributed by atoms with Crippen molar-refractivity contribution in [2.24, 2.45) is 0 Å². The zero-order valence-electron chi connectivity index (χ0n) is 16.1. The van der Waals surface area contributed by atoms with Gasteiger partial charge in [0.2, 0.25) is 12.7 Å². The zero-order chi connectivity index (χ0) is 20.2. The molecule has 1 atom stereocenters. The van der Waals surface area contributed by atoms with E-state index >= 15 is 0 Å². The van der Waals surface area contributed by atoms with Crippen LogP contribution in [-0.4, -0.2) is 37.9 Å². The van der Waals surface area contributed by atoms with Crippen molar-refractivity contribution in [3.8, 4) is 17.2 Å². The fourth-order valence-electron chi connectivity index (χ4n) is 3.41. The number of ether oxygens (including phenoxy) is 3. The van der Waals surface area contributed by atoms with Crippen LogP contribution in [0, 0.1) is 0 Å². The van der Waals surface area contributed by atoms with Gasteiger partial charge in [-0.2, -0.15) is 0 Å². The van der Waals surface area contributed by atoms with Crippen molar-refractivity contribution in [3.05, 3.63) is 48.0 Å². The van der Waals surface area contributed by atoms with E-state index in [1.807, 2.05) is 49.4 Å². The number of benzene rings is 2. The molecule has 2 aliphatic rings. The van der Waals surface area contributed by atoms with Gasteiger partial charge in [-0.15, -0.1) is 0 Å². The summed E-state index contributed by atoms with van der Waals surface area (Å²) in [5.41, 5.74) is 1.70. The van der Waals surface area contributed by atoms with Crippen LogP contribution in [0.4, 0.5) is 10.5 Å². The van der Waals surface area contributed by atoms with Gasteiger partial charge in [0.15, 0.2) is 11.5 Å². The second kappa shape index (κ2) is 8.30. The first-order chi connectivity index (χ1) is 14.1. The van der Waals surface area contributed by atoms with E-state index in [1.165, 1.54) is 0 Å².